The normalized spacial score (nSPS) is 10.8. The number of carbonyl (C=O) groups is 1. The van der Waals surface area contributed by atoms with E-state index in [0.717, 1.165) is 16.7 Å². The molecule has 2 aromatic rings. The number of amides is 1. The van der Waals surface area contributed by atoms with Gasteiger partial charge >= 0.3 is 0 Å². The molecule has 0 saturated carbocycles. The van der Waals surface area contributed by atoms with Crippen LogP contribution < -0.4 is 5.32 Å². The highest BCUT2D eigenvalue weighted by Gasteiger charge is 2.04. The van der Waals surface area contributed by atoms with Gasteiger partial charge in [0.2, 0.25) is 5.91 Å². The molecule has 2 rings (SSSR count). The number of nitrogens with zero attached hydrogens (tertiary/aromatic N) is 1. The Kier molecular flexibility index (Phi) is 3.94. The predicted molar refractivity (Wildman–Crippen MR) is 66.9 cm³/mol. The first kappa shape index (κ1) is 12.6. The lowest BCUT2D eigenvalue weighted by Gasteiger charge is -2.04. The number of oxazole rings is 1. The van der Waals surface area contributed by atoms with Crippen LogP contribution in [0, 0.1) is 6.92 Å². The fraction of sp³-hybridized carbons (Fsp3) is 0.385. The lowest BCUT2D eigenvalue weighted by atomic mass is 10.2. The molecule has 1 aromatic heterocycles. The van der Waals surface area contributed by atoms with E-state index < -0.39 is 0 Å². The average molecular weight is 248 g/mol. The first-order valence-corrected chi connectivity index (χ1v) is 5.92. The smallest absolute Gasteiger partial charge is 0.220 e. The third kappa shape index (κ3) is 3.07. The van der Waals surface area contributed by atoms with E-state index in [1.807, 2.05) is 18.2 Å². The minimum atomic E-state index is -0.0575. The first-order valence-electron chi connectivity index (χ1n) is 5.92. The maximum atomic E-state index is 11.4. The fourth-order valence-electron chi connectivity index (χ4n) is 1.72. The van der Waals surface area contributed by atoms with Gasteiger partial charge in [-0.05, 0) is 24.1 Å². The Morgan fingerprint density at radius 2 is 2.33 bits per heavy atom. The molecule has 0 unspecified atom stereocenters. The van der Waals surface area contributed by atoms with Crippen LogP contribution in [0.1, 0.15) is 24.3 Å². The highest BCUT2D eigenvalue weighted by molar-refractivity contribution is 5.76. The summed E-state index contributed by atoms with van der Waals surface area (Å²) < 4.78 is 5.42. The van der Waals surface area contributed by atoms with Crippen molar-refractivity contribution in [3.8, 4) is 0 Å². The molecule has 1 aromatic carbocycles. The molecule has 0 aliphatic heterocycles. The summed E-state index contributed by atoms with van der Waals surface area (Å²) >= 11 is 0. The second-order valence-electron chi connectivity index (χ2n) is 4.14. The van der Waals surface area contributed by atoms with Crippen molar-refractivity contribution in [1.82, 2.24) is 10.3 Å². The van der Waals surface area contributed by atoms with Crippen LogP contribution in [0.4, 0.5) is 0 Å². The summed E-state index contributed by atoms with van der Waals surface area (Å²) in [6, 6.07) is 5.67. The van der Waals surface area contributed by atoms with Gasteiger partial charge in [-0.3, -0.25) is 4.79 Å². The quantitative estimate of drug-likeness (QED) is 0.841. The largest absolute Gasteiger partial charge is 0.441 e. The van der Waals surface area contributed by atoms with Gasteiger partial charge < -0.3 is 14.8 Å². The van der Waals surface area contributed by atoms with Gasteiger partial charge in [-0.25, -0.2) is 4.98 Å². The molecular weight excluding hydrogens is 232 g/mol. The molecule has 18 heavy (non-hydrogen) atoms. The highest BCUT2D eigenvalue weighted by Crippen LogP contribution is 2.16. The first-order chi connectivity index (χ1) is 8.69. The molecule has 2 N–H and O–H groups in total. The Hall–Kier alpha value is -1.88. The van der Waals surface area contributed by atoms with Crippen LogP contribution in [0.5, 0.6) is 0 Å². The number of benzene rings is 1. The van der Waals surface area contributed by atoms with E-state index in [4.69, 9.17) is 9.52 Å². The lowest BCUT2D eigenvalue weighted by Crippen LogP contribution is -2.22. The third-order valence-electron chi connectivity index (χ3n) is 2.61. The summed E-state index contributed by atoms with van der Waals surface area (Å²) in [5.74, 6) is 0.576. The minimum absolute atomic E-state index is 0.0384. The van der Waals surface area contributed by atoms with E-state index in [9.17, 15) is 4.79 Å². The summed E-state index contributed by atoms with van der Waals surface area (Å²) in [5, 5.41) is 11.4. The minimum Gasteiger partial charge on any atom is -0.441 e. The molecule has 1 heterocycles. The zero-order chi connectivity index (χ0) is 13.0. The zero-order valence-corrected chi connectivity index (χ0v) is 10.3. The molecule has 5 heteroatoms. The number of hydrogen-bond acceptors (Lipinski definition) is 4. The van der Waals surface area contributed by atoms with Gasteiger partial charge in [-0.15, -0.1) is 0 Å². The number of aryl methyl sites for hydroxylation is 1. The lowest BCUT2D eigenvalue weighted by molar-refractivity contribution is -0.121. The van der Waals surface area contributed by atoms with Crippen molar-refractivity contribution in [1.29, 1.82) is 0 Å². The second kappa shape index (κ2) is 5.64. The Bertz CT molecular complexity index is 548. The summed E-state index contributed by atoms with van der Waals surface area (Å²) in [5.41, 5.74) is 2.52. The van der Waals surface area contributed by atoms with E-state index in [1.165, 1.54) is 0 Å². The van der Waals surface area contributed by atoms with Crippen molar-refractivity contribution in [3.05, 3.63) is 29.7 Å². The molecule has 0 aliphatic carbocycles. The van der Waals surface area contributed by atoms with Crippen molar-refractivity contribution < 1.29 is 14.3 Å². The standard InChI is InChI=1S/C13H16N2O3/c1-9-15-11-5-4-10(7-12(11)18-9)8-14-13(17)3-2-6-16/h4-5,7,16H,2-3,6,8H2,1H3,(H,14,17). The van der Waals surface area contributed by atoms with E-state index in [1.54, 1.807) is 6.92 Å². The summed E-state index contributed by atoms with van der Waals surface area (Å²) in [4.78, 5) is 15.6. The number of hydrogen-bond donors (Lipinski definition) is 2. The Morgan fingerprint density at radius 3 is 3.11 bits per heavy atom. The molecule has 0 spiro atoms. The number of carbonyl (C=O) groups excluding carboxylic acids is 1. The Labute approximate surface area is 105 Å². The Balaban J connectivity index is 1.97. The number of fused-ring (bicyclic) bond motifs is 1. The van der Waals surface area contributed by atoms with E-state index in [0.29, 0.717) is 25.3 Å². The molecule has 1 amide bonds. The van der Waals surface area contributed by atoms with E-state index >= 15 is 0 Å². The van der Waals surface area contributed by atoms with Gasteiger partial charge in [-0.2, -0.15) is 0 Å². The van der Waals surface area contributed by atoms with Gasteiger partial charge in [0.1, 0.15) is 5.52 Å². The molecule has 5 nitrogen and oxygen atoms in total. The second-order valence-corrected chi connectivity index (χ2v) is 4.14. The molecule has 0 saturated heterocycles. The summed E-state index contributed by atoms with van der Waals surface area (Å²) in [6.45, 7) is 2.30. The van der Waals surface area contributed by atoms with Crippen LogP contribution in [0.25, 0.3) is 11.1 Å². The number of aromatic nitrogens is 1. The molecule has 0 aliphatic rings. The highest BCUT2D eigenvalue weighted by atomic mass is 16.3. The van der Waals surface area contributed by atoms with Crippen molar-refractivity contribution in [2.75, 3.05) is 6.61 Å². The Morgan fingerprint density at radius 1 is 1.50 bits per heavy atom. The van der Waals surface area contributed by atoms with Crippen LogP contribution in [0.3, 0.4) is 0 Å². The monoisotopic (exact) mass is 248 g/mol. The molecule has 0 fully saturated rings. The van der Waals surface area contributed by atoms with Crippen LogP contribution in [-0.4, -0.2) is 22.6 Å². The maximum absolute atomic E-state index is 11.4. The predicted octanol–water partition coefficient (Wildman–Crippen LogP) is 1.52. The molecule has 0 atom stereocenters. The van der Waals surface area contributed by atoms with Gasteiger partial charge in [0.05, 0.1) is 0 Å². The van der Waals surface area contributed by atoms with E-state index in [-0.39, 0.29) is 12.5 Å². The van der Waals surface area contributed by atoms with Crippen LogP contribution in [0.2, 0.25) is 0 Å². The van der Waals surface area contributed by atoms with Crippen LogP contribution in [-0.2, 0) is 11.3 Å². The maximum Gasteiger partial charge on any atom is 0.220 e. The average Bonchev–Trinajstić information content (AvgIpc) is 2.73. The number of nitrogens with one attached hydrogen (secondary N) is 1. The summed E-state index contributed by atoms with van der Waals surface area (Å²) in [6.07, 6.45) is 0.840. The van der Waals surface area contributed by atoms with Crippen molar-refractivity contribution in [2.24, 2.45) is 0 Å². The van der Waals surface area contributed by atoms with Gasteiger partial charge in [0, 0.05) is 26.5 Å². The molecular formula is C13H16N2O3. The topological polar surface area (TPSA) is 75.4 Å². The summed E-state index contributed by atoms with van der Waals surface area (Å²) in [7, 11) is 0. The van der Waals surface area contributed by atoms with Gasteiger partial charge in [-0.1, -0.05) is 6.07 Å². The van der Waals surface area contributed by atoms with Crippen molar-refractivity contribution in [2.45, 2.75) is 26.3 Å². The van der Waals surface area contributed by atoms with Gasteiger partial charge in [0.25, 0.3) is 0 Å². The van der Waals surface area contributed by atoms with Gasteiger partial charge in [0.15, 0.2) is 11.5 Å². The van der Waals surface area contributed by atoms with Crippen LogP contribution >= 0.6 is 0 Å². The number of aliphatic hydroxyl groups is 1. The third-order valence-corrected chi connectivity index (χ3v) is 2.61. The molecule has 0 radical (unpaired) electrons. The zero-order valence-electron chi connectivity index (χ0n) is 10.3. The molecule has 0 bridgehead atoms. The SMILES string of the molecule is Cc1nc2ccc(CNC(=O)CCCO)cc2o1. The number of aliphatic hydroxyl groups excluding tert-OH is 1. The number of rotatable bonds is 5. The van der Waals surface area contributed by atoms with Crippen molar-refractivity contribution in [3.63, 3.8) is 0 Å². The van der Waals surface area contributed by atoms with Crippen molar-refractivity contribution >= 4 is 17.0 Å². The van der Waals surface area contributed by atoms with E-state index in [2.05, 4.69) is 10.3 Å². The van der Waals surface area contributed by atoms with Crippen LogP contribution in [0.15, 0.2) is 22.6 Å². The molecule has 96 valence electrons. The fourth-order valence-corrected chi connectivity index (χ4v) is 1.72.